The molecule has 1 amide bonds. The molecule has 3 heterocycles. The fraction of sp³-hybridized carbons (Fsp3) is 0.167. The van der Waals surface area contributed by atoms with Gasteiger partial charge in [-0.1, -0.05) is 18.2 Å². The molecule has 5 nitrogen and oxygen atoms in total. The van der Waals surface area contributed by atoms with Crippen LogP contribution in [0.1, 0.15) is 20.9 Å². The summed E-state index contributed by atoms with van der Waals surface area (Å²) < 4.78 is 0. The van der Waals surface area contributed by atoms with Gasteiger partial charge in [-0.2, -0.15) is 0 Å². The summed E-state index contributed by atoms with van der Waals surface area (Å²) in [6.45, 7) is 1.78. The maximum absolute atomic E-state index is 12.2. The Balaban J connectivity index is 1.46. The Hall–Kier alpha value is -2.73. The SMILES string of the molecule is O=C(Nc1ccccc1)c1ccc(N2CCc3sccc3C2)nn1. The van der Waals surface area contributed by atoms with E-state index < -0.39 is 0 Å². The van der Waals surface area contributed by atoms with Gasteiger partial charge in [0, 0.05) is 23.7 Å². The van der Waals surface area contributed by atoms with Gasteiger partial charge in [0.2, 0.25) is 0 Å². The molecule has 24 heavy (non-hydrogen) atoms. The first-order valence-corrected chi connectivity index (χ1v) is 8.68. The van der Waals surface area contributed by atoms with Crippen LogP contribution in [-0.2, 0) is 13.0 Å². The van der Waals surface area contributed by atoms with Gasteiger partial charge in [0.1, 0.15) is 0 Å². The molecule has 0 unspecified atom stereocenters. The van der Waals surface area contributed by atoms with Gasteiger partial charge >= 0.3 is 0 Å². The Kier molecular flexibility index (Phi) is 3.96. The van der Waals surface area contributed by atoms with Gasteiger partial charge in [0.15, 0.2) is 11.5 Å². The lowest BCUT2D eigenvalue weighted by atomic mass is 10.1. The van der Waals surface area contributed by atoms with Crippen LogP contribution in [0.25, 0.3) is 0 Å². The van der Waals surface area contributed by atoms with Crippen molar-refractivity contribution in [1.29, 1.82) is 0 Å². The van der Waals surface area contributed by atoms with E-state index in [2.05, 4.69) is 31.9 Å². The molecule has 0 aliphatic carbocycles. The van der Waals surface area contributed by atoms with Crippen LogP contribution in [0.5, 0.6) is 0 Å². The number of carbonyl (C=O) groups excluding carboxylic acids is 1. The second kappa shape index (κ2) is 6.41. The Morgan fingerprint density at radius 2 is 1.96 bits per heavy atom. The largest absolute Gasteiger partial charge is 0.350 e. The van der Waals surface area contributed by atoms with Crippen molar-refractivity contribution >= 4 is 28.7 Å². The number of rotatable bonds is 3. The molecule has 0 bridgehead atoms. The Labute approximate surface area is 144 Å². The minimum Gasteiger partial charge on any atom is -0.350 e. The Morgan fingerprint density at radius 3 is 2.75 bits per heavy atom. The van der Waals surface area contributed by atoms with E-state index in [1.807, 2.05) is 47.7 Å². The third-order valence-electron chi connectivity index (χ3n) is 4.05. The van der Waals surface area contributed by atoms with Crippen molar-refractivity contribution in [2.45, 2.75) is 13.0 Å². The average molecular weight is 336 g/mol. The zero-order valence-electron chi connectivity index (χ0n) is 13.0. The fourth-order valence-corrected chi connectivity index (χ4v) is 3.67. The summed E-state index contributed by atoms with van der Waals surface area (Å²) in [5.41, 5.74) is 2.42. The molecule has 0 radical (unpaired) electrons. The van der Waals surface area contributed by atoms with Crippen LogP contribution in [0.4, 0.5) is 11.5 Å². The molecular weight excluding hydrogens is 320 g/mol. The number of benzene rings is 1. The zero-order chi connectivity index (χ0) is 16.4. The lowest BCUT2D eigenvalue weighted by Crippen LogP contribution is -2.30. The third-order valence-corrected chi connectivity index (χ3v) is 5.07. The minimum absolute atomic E-state index is 0.251. The van der Waals surface area contributed by atoms with E-state index in [0.717, 1.165) is 31.0 Å². The van der Waals surface area contributed by atoms with Crippen LogP contribution in [0.15, 0.2) is 53.9 Å². The van der Waals surface area contributed by atoms with Gasteiger partial charge in [-0.15, -0.1) is 21.5 Å². The van der Waals surface area contributed by atoms with Crippen LogP contribution in [0.3, 0.4) is 0 Å². The molecule has 0 saturated heterocycles. The molecule has 120 valence electrons. The molecular formula is C18H16N4OS. The van der Waals surface area contributed by atoms with Gasteiger partial charge in [-0.05, 0) is 47.7 Å². The summed E-state index contributed by atoms with van der Waals surface area (Å²) in [5, 5.41) is 13.3. The molecule has 0 fully saturated rings. The molecule has 1 aromatic carbocycles. The summed E-state index contributed by atoms with van der Waals surface area (Å²) in [6, 6.07) is 15.1. The van der Waals surface area contributed by atoms with Crippen LogP contribution < -0.4 is 10.2 Å². The standard InChI is InChI=1S/C18H16N4OS/c23-18(19-14-4-2-1-3-5-14)15-6-7-17(21-20-15)22-10-8-16-13(12-22)9-11-24-16/h1-7,9,11H,8,10,12H2,(H,19,23). The maximum atomic E-state index is 12.2. The summed E-state index contributed by atoms with van der Waals surface area (Å²) >= 11 is 1.81. The summed E-state index contributed by atoms with van der Waals surface area (Å²) in [6.07, 6.45) is 1.03. The third kappa shape index (κ3) is 3.00. The molecule has 2 aromatic heterocycles. The average Bonchev–Trinajstić information content (AvgIpc) is 3.10. The second-order valence-electron chi connectivity index (χ2n) is 5.64. The number of hydrogen-bond acceptors (Lipinski definition) is 5. The first kappa shape index (κ1) is 14.8. The van der Waals surface area contributed by atoms with Crippen molar-refractivity contribution in [2.24, 2.45) is 0 Å². The van der Waals surface area contributed by atoms with Gasteiger partial charge in [-0.25, -0.2) is 0 Å². The quantitative estimate of drug-likeness (QED) is 0.797. The smallest absolute Gasteiger partial charge is 0.276 e. The lowest BCUT2D eigenvalue weighted by Gasteiger charge is -2.27. The summed E-state index contributed by atoms with van der Waals surface area (Å²) in [4.78, 5) is 15.9. The van der Waals surface area contributed by atoms with E-state index in [0.29, 0.717) is 5.69 Å². The van der Waals surface area contributed by atoms with E-state index in [1.54, 1.807) is 6.07 Å². The number of carbonyl (C=O) groups is 1. The van der Waals surface area contributed by atoms with Crippen molar-refractivity contribution in [2.75, 3.05) is 16.8 Å². The molecule has 1 aliphatic heterocycles. The highest BCUT2D eigenvalue weighted by atomic mass is 32.1. The van der Waals surface area contributed by atoms with E-state index in [4.69, 9.17) is 0 Å². The molecule has 0 atom stereocenters. The highest BCUT2D eigenvalue weighted by molar-refractivity contribution is 7.10. The monoisotopic (exact) mass is 336 g/mol. The highest BCUT2D eigenvalue weighted by Crippen LogP contribution is 2.26. The first-order chi connectivity index (χ1) is 11.8. The Bertz CT molecular complexity index is 845. The minimum atomic E-state index is -0.251. The van der Waals surface area contributed by atoms with Crippen LogP contribution in [-0.4, -0.2) is 22.6 Å². The van der Waals surface area contributed by atoms with Crippen molar-refractivity contribution in [3.63, 3.8) is 0 Å². The maximum Gasteiger partial charge on any atom is 0.276 e. The number of para-hydroxylation sites is 1. The van der Waals surface area contributed by atoms with Crippen molar-refractivity contribution in [3.8, 4) is 0 Å². The van der Waals surface area contributed by atoms with E-state index in [1.165, 1.54) is 10.4 Å². The van der Waals surface area contributed by atoms with Gasteiger partial charge in [0.05, 0.1) is 0 Å². The number of nitrogens with zero attached hydrogens (tertiary/aromatic N) is 3. The number of aromatic nitrogens is 2. The lowest BCUT2D eigenvalue weighted by molar-refractivity contribution is 0.102. The van der Waals surface area contributed by atoms with Crippen molar-refractivity contribution < 1.29 is 4.79 Å². The molecule has 1 aliphatic rings. The fourth-order valence-electron chi connectivity index (χ4n) is 2.78. The molecule has 3 aromatic rings. The first-order valence-electron chi connectivity index (χ1n) is 7.80. The molecule has 6 heteroatoms. The van der Waals surface area contributed by atoms with Crippen molar-refractivity contribution in [1.82, 2.24) is 10.2 Å². The van der Waals surface area contributed by atoms with E-state index in [-0.39, 0.29) is 5.91 Å². The number of fused-ring (bicyclic) bond motifs is 1. The predicted molar refractivity (Wildman–Crippen MR) is 95.5 cm³/mol. The van der Waals surface area contributed by atoms with E-state index >= 15 is 0 Å². The zero-order valence-corrected chi connectivity index (χ0v) is 13.8. The number of thiophene rings is 1. The normalized spacial score (nSPS) is 13.4. The number of hydrogen-bond donors (Lipinski definition) is 1. The summed E-state index contributed by atoms with van der Waals surface area (Å²) in [5.74, 6) is 0.558. The summed E-state index contributed by atoms with van der Waals surface area (Å²) in [7, 11) is 0. The molecule has 1 N–H and O–H groups in total. The Morgan fingerprint density at radius 1 is 1.08 bits per heavy atom. The number of nitrogens with one attached hydrogen (secondary N) is 1. The van der Waals surface area contributed by atoms with Crippen LogP contribution in [0, 0.1) is 0 Å². The molecule has 0 saturated carbocycles. The predicted octanol–water partition coefficient (Wildman–Crippen LogP) is 3.35. The number of amides is 1. The number of anilines is 2. The van der Waals surface area contributed by atoms with E-state index in [9.17, 15) is 4.79 Å². The van der Waals surface area contributed by atoms with Gasteiger partial charge in [-0.3, -0.25) is 4.79 Å². The van der Waals surface area contributed by atoms with Crippen molar-refractivity contribution in [3.05, 3.63) is 70.0 Å². The van der Waals surface area contributed by atoms with Gasteiger partial charge in [0.25, 0.3) is 5.91 Å². The van der Waals surface area contributed by atoms with Crippen LogP contribution in [0.2, 0.25) is 0 Å². The molecule has 0 spiro atoms. The highest BCUT2D eigenvalue weighted by Gasteiger charge is 2.19. The molecule has 4 rings (SSSR count). The van der Waals surface area contributed by atoms with Gasteiger partial charge < -0.3 is 10.2 Å². The topological polar surface area (TPSA) is 58.1 Å². The van der Waals surface area contributed by atoms with Crippen LogP contribution >= 0.6 is 11.3 Å². The second-order valence-corrected chi connectivity index (χ2v) is 6.64.